The summed E-state index contributed by atoms with van der Waals surface area (Å²) in [6, 6.07) is 6.65. The molecule has 0 aliphatic heterocycles. The number of hydrogen-bond donors (Lipinski definition) is 0. The number of ether oxygens (including phenoxy) is 2. The molecule has 0 saturated heterocycles. The zero-order chi connectivity index (χ0) is 27.8. The lowest BCUT2D eigenvalue weighted by atomic mass is 10.2. The molecule has 0 unspecified atom stereocenters. The number of nitro benzene ring substituents is 2. The summed E-state index contributed by atoms with van der Waals surface area (Å²) in [5.41, 5.74) is -1.43. The standard InChI is InChI=1S/C8H6F3NO3.C7H6INO3.C4H9F3Si.CH4/c1-15-7-4-5(12(13)14)2-3-6(7)8(9,10)11;1-12-7-4-5(9(10)11)2-3-6(7)8;1-8(2,3)4(5,6)7;/h2-4H,1H3;2-4H,1H3;1-3H3;1H4. The van der Waals surface area contributed by atoms with E-state index in [1.807, 2.05) is 0 Å². The monoisotopic (exact) mass is 658 g/mol. The molecule has 0 saturated carbocycles. The summed E-state index contributed by atoms with van der Waals surface area (Å²) in [5.74, 6) is -3.95. The fourth-order valence-corrected chi connectivity index (χ4v) is 2.35. The van der Waals surface area contributed by atoms with Crippen molar-refractivity contribution < 1.29 is 45.7 Å². The number of benzene rings is 2. The van der Waals surface area contributed by atoms with E-state index in [0.29, 0.717) is 11.8 Å². The van der Waals surface area contributed by atoms with Crippen molar-refractivity contribution in [3.8, 4) is 11.5 Å². The number of alkyl halides is 6. The van der Waals surface area contributed by atoms with Gasteiger partial charge in [-0.05, 0) is 34.7 Å². The molecule has 0 aromatic heterocycles. The number of halogens is 7. The fourth-order valence-electron chi connectivity index (χ4n) is 1.79. The molecule has 204 valence electrons. The Morgan fingerprint density at radius 2 is 1.17 bits per heavy atom. The fraction of sp³-hybridized carbons (Fsp3) is 0.400. The predicted molar refractivity (Wildman–Crippen MR) is 133 cm³/mol. The van der Waals surface area contributed by atoms with Gasteiger partial charge in [-0.25, -0.2) is 0 Å². The van der Waals surface area contributed by atoms with Crippen molar-refractivity contribution in [2.24, 2.45) is 0 Å². The Labute approximate surface area is 218 Å². The SMILES string of the molecule is C.COc1cc([N+](=O)[O-])ccc1C(F)(F)F.COc1cc([N+](=O)[O-])ccc1I.C[Si](C)(C)C(F)(F)F. The maximum absolute atomic E-state index is 12.3. The average Bonchev–Trinajstić information content (AvgIpc) is 2.72. The second-order valence-electron chi connectivity index (χ2n) is 7.46. The van der Waals surface area contributed by atoms with Gasteiger partial charge in [0.15, 0.2) is 8.07 Å². The van der Waals surface area contributed by atoms with Crippen molar-refractivity contribution >= 4 is 42.0 Å². The Balaban J connectivity index is 0. The molecule has 0 heterocycles. The quantitative estimate of drug-likeness (QED) is 0.109. The molecule has 2 rings (SSSR count). The molecule has 0 aliphatic carbocycles. The minimum Gasteiger partial charge on any atom is -0.496 e. The molecule has 36 heavy (non-hydrogen) atoms. The Kier molecular flexibility index (Phi) is 14.0. The van der Waals surface area contributed by atoms with Gasteiger partial charge in [-0.1, -0.05) is 27.1 Å². The van der Waals surface area contributed by atoms with Crippen LogP contribution in [-0.2, 0) is 6.18 Å². The van der Waals surface area contributed by atoms with Crippen LogP contribution >= 0.6 is 22.6 Å². The van der Waals surface area contributed by atoms with E-state index in [0.717, 1.165) is 22.8 Å². The lowest BCUT2D eigenvalue weighted by Gasteiger charge is -2.19. The molecule has 0 spiro atoms. The third kappa shape index (κ3) is 11.4. The molecule has 16 heteroatoms. The molecular formula is C20H25F6IN2O6Si. The van der Waals surface area contributed by atoms with Crippen LogP contribution in [0.4, 0.5) is 37.7 Å². The van der Waals surface area contributed by atoms with Gasteiger partial charge in [0.25, 0.3) is 11.4 Å². The highest BCUT2D eigenvalue weighted by Crippen LogP contribution is 2.37. The van der Waals surface area contributed by atoms with Gasteiger partial charge < -0.3 is 9.47 Å². The molecule has 8 nitrogen and oxygen atoms in total. The average molecular weight is 658 g/mol. The zero-order valence-corrected chi connectivity index (χ0v) is 22.1. The van der Waals surface area contributed by atoms with Crippen molar-refractivity contribution in [2.75, 3.05) is 14.2 Å². The van der Waals surface area contributed by atoms with E-state index in [2.05, 4.69) is 27.3 Å². The molecule has 2 aromatic rings. The number of nitrogens with zero attached hydrogens (tertiary/aromatic N) is 2. The molecule has 0 bridgehead atoms. The van der Waals surface area contributed by atoms with E-state index in [4.69, 9.17) is 4.74 Å². The van der Waals surface area contributed by atoms with Crippen LogP contribution < -0.4 is 9.47 Å². The van der Waals surface area contributed by atoms with Crippen LogP contribution in [0.5, 0.6) is 11.5 Å². The van der Waals surface area contributed by atoms with Crippen LogP contribution in [0.15, 0.2) is 36.4 Å². The van der Waals surface area contributed by atoms with E-state index >= 15 is 0 Å². The van der Waals surface area contributed by atoms with Crippen LogP contribution in [0.1, 0.15) is 13.0 Å². The number of methoxy groups -OCH3 is 2. The van der Waals surface area contributed by atoms with Gasteiger partial charge in [0.2, 0.25) is 0 Å². The summed E-state index contributed by atoms with van der Waals surface area (Å²) in [6.07, 6.45) is -4.58. The third-order valence-electron chi connectivity index (χ3n) is 3.90. The van der Waals surface area contributed by atoms with Crippen LogP contribution in [0.2, 0.25) is 19.6 Å². The predicted octanol–water partition coefficient (Wildman–Crippen LogP) is 7.89. The lowest BCUT2D eigenvalue weighted by molar-refractivity contribution is -0.385. The Bertz CT molecular complexity index is 1020. The largest absolute Gasteiger partial charge is 0.496 e. The van der Waals surface area contributed by atoms with Gasteiger partial charge >= 0.3 is 12.0 Å². The number of nitro groups is 2. The summed E-state index contributed by atoms with van der Waals surface area (Å²) in [4.78, 5) is 19.4. The normalized spacial score (nSPS) is 11.0. The first-order valence-corrected chi connectivity index (χ1v) is 13.8. The van der Waals surface area contributed by atoms with Crippen LogP contribution in [-0.4, -0.2) is 37.9 Å². The lowest BCUT2D eigenvalue weighted by Crippen LogP contribution is -2.40. The van der Waals surface area contributed by atoms with Crippen LogP contribution in [0.3, 0.4) is 0 Å². The number of hydrogen-bond acceptors (Lipinski definition) is 6. The molecule has 0 N–H and O–H groups in total. The van der Waals surface area contributed by atoms with Gasteiger partial charge in [-0.2, -0.15) is 26.3 Å². The molecule has 0 amide bonds. The smallest absolute Gasteiger partial charge is 0.419 e. The molecule has 0 radical (unpaired) electrons. The van der Waals surface area contributed by atoms with E-state index < -0.39 is 46.9 Å². The Morgan fingerprint density at radius 3 is 1.47 bits per heavy atom. The van der Waals surface area contributed by atoms with E-state index in [1.54, 1.807) is 6.07 Å². The summed E-state index contributed by atoms with van der Waals surface area (Å²) < 4.78 is 82.1. The Hall–Kier alpha value is -2.63. The van der Waals surface area contributed by atoms with Gasteiger partial charge in [0, 0.05) is 12.1 Å². The molecular weight excluding hydrogens is 633 g/mol. The molecule has 0 atom stereocenters. The minimum absolute atomic E-state index is 0. The van der Waals surface area contributed by atoms with Crippen molar-refractivity contribution in [2.45, 2.75) is 39.0 Å². The first-order valence-electron chi connectivity index (χ1n) is 9.20. The third-order valence-corrected chi connectivity index (χ3v) is 6.49. The van der Waals surface area contributed by atoms with Gasteiger partial charge in [-0.15, -0.1) is 0 Å². The summed E-state index contributed by atoms with van der Waals surface area (Å²) >= 11 is 2.05. The van der Waals surface area contributed by atoms with Gasteiger partial charge in [0.05, 0.1) is 45.3 Å². The van der Waals surface area contributed by atoms with E-state index in [1.165, 1.54) is 38.9 Å². The van der Waals surface area contributed by atoms with Gasteiger partial charge in [-0.3, -0.25) is 20.2 Å². The maximum atomic E-state index is 12.3. The highest BCUT2D eigenvalue weighted by atomic mass is 127. The second kappa shape index (κ2) is 14.2. The Morgan fingerprint density at radius 1 is 0.806 bits per heavy atom. The molecule has 0 aliphatic rings. The number of non-ortho nitro benzene ring substituents is 2. The topological polar surface area (TPSA) is 105 Å². The molecule has 0 fully saturated rings. The first kappa shape index (κ1) is 35.5. The number of rotatable bonds is 4. The summed E-state index contributed by atoms with van der Waals surface area (Å²) in [7, 11) is -0.349. The molecule has 2 aromatic carbocycles. The highest BCUT2D eigenvalue weighted by molar-refractivity contribution is 14.1. The summed E-state index contributed by atoms with van der Waals surface area (Å²) in [6.45, 7) is 3.85. The second-order valence-corrected chi connectivity index (χ2v) is 13.7. The zero-order valence-electron chi connectivity index (χ0n) is 19.0. The maximum Gasteiger partial charge on any atom is 0.419 e. The minimum atomic E-state index is -4.58. The van der Waals surface area contributed by atoms with Crippen LogP contribution in [0, 0.1) is 23.8 Å². The van der Waals surface area contributed by atoms with E-state index in [-0.39, 0.29) is 13.1 Å². The van der Waals surface area contributed by atoms with Crippen molar-refractivity contribution in [1.29, 1.82) is 0 Å². The van der Waals surface area contributed by atoms with Crippen molar-refractivity contribution in [3.63, 3.8) is 0 Å². The van der Waals surface area contributed by atoms with Gasteiger partial charge in [0.1, 0.15) is 11.5 Å². The first-order chi connectivity index (χ1) is 15.8. The van der Waals surface area contributed by atoms with Crippen LogP contribution in [0.25, 0.3) is 0 Å². The highest BCUT2D eigenvalue weighted by Gasteiger charge is 2.45. The van der Waals surface area contributed by atoms with Crippen molar-refractivity contribution in [3.05, 3.63) is 65.8 Å². The van der Waals surface area contributed by atoms with Crippen molar-refractivity contribution in [1.82, 2.24) is 0 Å². The summed E-state index contributed by atoms with van der Waals surface area (Å²) in [5, 5.41) is 20.6. The van der Waals surface area contributed by atoms with E-state index in [9.17, 15) is 46.6 Å².